The van der Waals surface area contributed by atoms with Crippen LogP contribution in [-0.4, -0.2) is 53.1 Å². The first-order valence-electron chi connectivity index (χ1n) is 11.1. The Labute approximate surface area is 207 Å². The third-order valence-electron chi connectivity index (χ3n) is 5.50. The summed E-state index contributed by atoms with van der Waals surface area (Å²) in [5.41, 5.74) is 1.66. The summed E-state index contributed by atoms with van der Waals surface area (Å²) in [7, 11) is 0. The van der Waals surface area contributed by atoms with E-state index in [4.69, 9.17) is 21.1 Å². The van der Waals surface area contributed by atoms with E-state index < -0.39 is 11.1 Å². The number of rotatable bonds is 8. The third kappa shape index (κ3) is 5.74. The summed E-state index contributed by atoms with van der Waals surface area (Å²) in [6.07, 6.45) is 3.54. The van der Waals surface area contributed by atoms with Crippen LogP contribution in [0, 0.1) is 0 Å². The Morgan fingerprint density at radius 2 is 1.79 bits per heavy atom. The molecule has 4 rings (SSSR count). The van der Waals surface area contributed by atoms with Gasteiger partial charge in [-0.1, -0.05) is 29.8 Å². The Balaban J connectivity index is 1.46. The molecule has 0 saturated carbocycles. The number of carbonyl (C=O) groups excluding carboxylic acids is 3. The Hall–Kier alpha value is -2.97. The molecule has 9 heteroatoms. The van der Waals surface area contributed by atoms with E-state index in [-0.39, 0.29) is 17.4 Å². The van der Waals surface area contributed by atoms with Crippen LogP contribution in [0.5, 0.6) is 11.5 Å². The van der Waals surface area contributed by atoms with E-state index in [2.05, 4.69) is 0 Å². The molecule has 178 valence electrons. The molecule has 0 unspecified atom stereocenters. The number of amides is 3. The zero-order valence-electron chi connectivity index (χ0n) is 18.8. The fourth-order valence-electron chi connectivity index (χ4n) is 3.73. The van der Waals surface area contributed by atoms with E-state index in [1.54, 1.807) is 41.3 Å². The van der Waals surface area contributed by atoms with Crippen molar-refractivity contribution >= 4 is 46.5 Å². The van der Waals surface area contributed by atoms with Crippen molar-refractivity contribution in [3.8, 4) is 11.5 Å². The Morgan fingerprint density at radius 1 is 1.06 bits per heavy atom. The van der Waals surface area contributed by atoms with Gasteiger partial charge in [0.15, 0.2) is 11.5 Å². The molecule has 2 heterocycles. The summed E-state index contributed by atoms with van der Waals surface area (Å²) in [6.45, 7) is 3.80. The van der Waals surface area contributed by atoms with Gasteiger partial charge in [-0.05, 0) is 73.0 Å². The quantitative estimate of drug-likeness (QED) is 0.476. The minimum absolute atomic E-state index is 0.193. The highest BCUT2D eigenvalue weighted by atomic mass is 35.5. The van der Waals surface area contributed by atoms with E-state index in [1.165, 1.54) is 0 Å². The van der Waals surface area contributed by atoms with Crippen LogP contribution in [0.3, 0.4) is 0 Å². The van der Waals surface area contributed by atoms with Gasteiger partial charge >= 0.3 is 0 Å². The van der Waals surface area contributed by atoms with Gasteiger partial charge in [-0.3, -0.25) is 19.3 Å². The first kappa shape index (κ1) is 24.2. The molecule has 0 bridgehead atoms. The van der Waals surface area contributed by atoms with E-state index in [0.717, 1.165) is 35.1 Å². The molecule has 0 atom stereocenters. The zero-order valence-corrected chi connectivity index (χ0v) is 20.4. The number of ether oxygens (including phenoxy) is 2. The maximum Gasteiger partial charge on any atom is 0.294 e. The summed E-state index contributed by atoms with van der Waals surface area (Å²) in [6, 6.07) is 12.7. The zero-order chi connectivity index (χ0) is 24.1. The maximum atomic E-state index is 12.8. The minimum atomic E-state index is -0.455. The van der Waals surface area contributed by atoms with Gasteiger partial charge in [0.25, 0.3) is 11.1 Å². The van der Waals surface area contributed by atoms with Crippen LogP contribution < -0.4 is 9.47 Å². The van der Waals surface area contributed by atoms with Crippen molar-refractivity contribution in [3.05, 3.63) is 63.5 Å². The number of hydrogen-bond acceptors (Lipinski definition) is 6. The molecule has 3 amide bonds. The van der Waals surface area contributed by atoms with Crippen LogP contribution >= 0.6 is 23.4 Å². The molecule has 2 aromatic carbocycles. The predicted octanol–water partition coefficient (Wildman–Crippen LogP) is 4.98. The molecule has 2 aliphatic heterocycles. The largest absolute Gasteiger partial charge is 0.490 e. The highest BCUT2D eigenvalue weighted by Gasteiger charge is 2.37. The van der Waals surface area contributed by atoms with Crippen LogP contribution in [0.4, 0.5) is 4.79 Å². The molecular formula is C25H25ClN2O5S. The summed E-state index contributed by atoms with van der Waals surface area (Å²) >= 11 is 6.77. The predicted molar refractivity (Wildman–Crippen MR) is 132 cm³/mol. The second-order valence-electron chi connectivity index (χ2n) is 7.91. The van der Waals surface area contributed by atoms with Crippen molar-refractivity contribution in [2.75, 3.05) is 26.2 Å². The Kier molecular flexibility index (Phi) is 7.80. The molecule has 7 nitrogen and oxygen atoms in total. The van der Waals surface area contributed by atoms with Gasteiger partial charge in [-0.2, -0.15) is 0 Å². The number of imide groups is 1. The molecule has 0 N–H and O–H groups in total. The second-order valence-corrected chi connectivity index (χ2v) is 9.34. The molecular weight excluding hydrogens is 476 g/mol. The van der Waals surface area contributed by atoms with Crippen molar-refractivity contribution in [1.82, 2.24) is 9.80 Å². The van der Waals surface area contributed by atoms with Crippen LogP contribution in [0.1, 0.15) is 30.9 Å². The number of likely N-dealkylation sites (tertiary alicyclic amines) is 1. The van der Waals surface area contributed by atoms with Crippen molar-refractivity contribution in [3.63, 3.8) is 0 Å². The Bertz CT molecular complexity index is 1110. The van der Waals surface area contributed by atoms with Crippen LogP contribution in [0.25, 0.3) is 6.08 Å². The standard InChI is InChI=1S/C25H25ClN2O5S/c1-2-32-21-13-18(7-10-20(21)33-16-17-5-8-19(26)9-6-17)14-22-24(30)28(25(31)34-22)15-23(29)27-11-3-4-12-27/h5-10,13-14H,2-4,11-12,15-16H2,1H3/b22-14-. The van der Waals surface area contributed by atoms with Crippen LogP contribution in [0.15, 0.2) is 47.4 Å². The lowest BCUT2D eigenvalue weighted by Gasteiger charge is -2.18. The first-order valence-corrected chi connectivity index (χ1v) is 12.3. The van der Waals surface area contributed by atoms with Crippen LogP contribution in [-0.2, 0) is 16.2 Å². The van der Waals surface area contributed by atoms with Gasteiger partial charge in [0.2, 0.25) is 5.91 Å². The summed E-state index contributed by atoms with van der Waals surface area (Å²) < 4.78 is 11.7. The normalized spacial score (nSPS) is 17.1. The molecule has 0 aromatic heterocycles. The number of benzene rings is 2. The number of thioether (sulfide) groups is 1. The van der Waals surface area contributed by atoms with E-state index in [9.17, 15) is 14.4 Å². The molecule has 0 spiro atoms. The molecule has 2 aromatic rings. The number of carbonyl (C=O) groups is 3. The lowest BCUT2D eigenvalue weighted by molar-refractivity contribution is -0.135. The molecule has 0 aliphatic carbocycles. The average molecular weight is 501 g/mol. The highest BCUT2D eigenvalue weighted by Crippen LogP contribution is 2.35. The summed E-state index contributed by atoms with van der Waals surface area (Å²) in [4.78, 5) is 40.6. The van der Waals surface area contributed by atoms with Crippen molar-refractivity contribution < 1.29 is 23.9 Å². The first-order chi connectivity index (χ1) is 16.4. The maximum absolute atomic E-state index is 12.8. The van der Waals surface area contributed by atoms with Gasteiger partial charge in [-0.15, -0.1) is 0 Å². The molecule has 2 saturated heterocycles. The average Bonchev–Trinajstić information content (AvgIpc) is 3.45. The lowest BCUT2D eigenvalue weighted by atomic mass is 10.1. The van der Waals surface area contributed by atoms with Crippen molar-refractivity contribution in [2.24, 2.45) is 0 Å². The molecule has 2 aliphatic rings. The Morgan fingerprint density at radius 3 is 2.50 bits per heavy atom. The van der Waals surface area contributed by atoms with Gasteiger partial charge in [0.05, 0.1) is 11.5 Å². The van der Waals surface area contributed by atoms with Gasteiger partial charge < -0.3 is 14.4 Å². The lowest BCUT2D eigenvalue weighted by Crippen LogP contribution is -2.40. The molecule has 2 fully saturated rings. The smallest absolute Gasteiger partial charge is 0.294 e. The molecule has 34 heavy (non-hydrogen) atoms. The summed E-state index contributed by atoms with van der Waals surface area (Å²) in [5.74, 6) is 0.456. The van der Waals surface area contributed by atoms with Crippen molar-refractivity contribution in [1.29, 1.82) is 0 Å². The minimum Gasteiger partial charge on any atom is -0.490 e. The highest BCUT2D eigenvalue weighted by molar-refractivity contribution is 8.18. The SMILES string of the molecule is CCOc1cc(/C=C2\SC(=O)N(CC(=O)N3CCCC3)C2=O)ccc1OCc1ccc(Cl)cc1. The van der Waals surface area contributed by atoms with E-state index in [0.29, 0.717) is 48.4 Å². The van der Waals surface area contributed by atoms with Crippen molar-refractivity contribution in [2.45, 2.75) is 26.4 Å². The van der Waals surface area contributed by atoms with Crippen LogP contribution in [0.2, 0.25) is 5.02 Å². The van der Waals surface area contributed by atoms with Gasteiger partial charge in [-0.25, -0.2) is 0 Å². The number of nitrogens with zero attached hydrogens (tertiary/aromatic N) is 2. The molecule has 0 radical (unpaired) electrons. The second kappa shape index (κ2) is 11.0. The van der Waals surface area contributed by atoms with Gasteiger partial charge in [0, 0.05) is 18.1 Å². The van der Waals surface area contributed by atoms with E-state index in [1.807, 2.05) is 19.1 Å². The number of halogens is 1. The summed E-state index contributed by atoms with van der Waals surface area (Å²) in [5, 5.41) is 0.227. The van der Waals surface area contributed by atoms with E-state index >= 15 is 0 Å². The van der Waals surface area contributed by atoms with Gasteiger partial charge in [0.1, 0.15) is 13.2 Å². The monoisotopic (exact) mass is 500 g/mol. The number of hydrogen-bond donors (Lipinski definition) is 0. The fraction of sp³-hybridized carbons (Fsp3) is 0.320. The fourth-order valence-corrected chi connectivity index (χ4v) is 4.70. The topological polar surface area (TPSA) is 76.2 Å². The third-order valence-corrected chi connectivity index (χ3v) is 6.66.